The number of hydrogen-bond acceptors (Lipinski definition) is 8. The average molecular weight is 664 g/mol. The number of carboxylic acid groups (broad SMARTS) is 1. The molecule has 1 fully saturated rings. The predicted molar refractivity (Wildman–Crippen MR) is 182 cm³/mol. The lowest BCUT2D eigenvalue weighted by Gasteiger charge is -2.36. The molecular weight excluding hydrogens is 630 g/mol. The number of aliphatic hydroxyl groups is 1. The van der Waals surface area contributed by atoms with Crippen LogP contribution in [0.3, 0.4) is 0 Å². The number of nitrogens with one attached hydrogen (secondary N) is 2. The summed E-state index contributed by atoms with van der Waals surface area (Å²) in [6, 6.07) is 34.0. The van der Waals surface area contributed by atoms with Gasteiger partial charge in [-0.15, -0.1) is 11.8 Å². The van der Waals surface area contributed by atoms with Gasteiger partial charge < -0.3 is 35.1 Å². The first-order valence-corrected chi connectivity index (χ1v) is 16.2. The van der Waals surface area contributed by atoms with Crippen molar-refractivity contribution in [2.75, 3.05) is 16.4 Å². The van der Waals surface area contributed by atoms with E-state index < -0.39 is 18.3 Å². The molecule has 3 unspecified atom stereocenters. The number of urea groups is 1. The van der Waals surface area contributed by atoms with Gasteiger partial charge in [-0.25, -0.2) is 14.6 Å². The predicted octanol–water partition coefficient (Wildman–Crippen LogP) is 8.05. The molecule has 0 radical (unpaired) electrons. The Kier molecular flexibility index (Phi) is 10.6. The van der Waals surface area contributed by atoms with Crippen LogP contribution in [0.25, 0.3) is 0 Å². The van der Waals surface area contributed by atoms with Crippen LogP contribution in [-0.2, 0) is 16.1 Å². The molecular formula is C37H33N3O7S. The van der Waals surface area contributed by atoms with Crippen LogP contribution in [0, 0.1) is 0 Å². The third-order valence-electron chi connectivity index (χ3n) is 7.53. The number of hydrogen-bond donors (Lipinski definition) is 4. The Labute approximate surface area is 281 Å². The molecule has 4 N–H and O–H groups in total. The number of carbonyl (C=O) groups is 2. The highest BCUT2D eigenvalue weighted by Gasteiger charge is 2.33. The maximum Gasteiger partial charge on any atom is 0.338 e. The summed E-state index contributed by atoms with van der Waals surface area (Å²) in [5.41, 5.74) is 3.69. The molecule has 0 saturated carbocycles. The van der Waals surface area contributed by atoms with Gasteiger partial charge in [0.15, 0.2) is 6.29 Å². The third-order valence-corrected chi connectivity index (χ3v) is 8.67. The number of carboxylic acids is 1. The highest BCUT2D eigenvalue weighted by Crippen LogP contribution is 2.40. The summed E-state index contributed by atoms with van der Waals surface area (Å²) in [7, 11) is 0. The normalized spacial score (nSPS) is 17.3. The number of carbonyl (C=O) groups excluding carboxylic acids is 1. The minimum atomic E-state index is -1.04. The number of ether oxygens (including phenoxy) is 3. The van der Waals surface area contributed by atoms with E-state index in [9.17, 15) is 19.8 Å². The van der Waals surface area contributed by atoms with E-state index >= 15 is 0 Å². The summed E-state index contributed by atoms with van der Waals surface area (Å²) < 4.78 is 18.7. The van der Waals surface area contributed by atoms with E-state index in [0.29, 0.717) is 39.9 Å². The zero-order valence-corrected chi connectivity index (χ0v) is 26.5. The summed E-state index contributed by atoms with van der Waals surface area (Å²) >= 11 is 1.32. The number of amides is 2. The number of thioether (sulfide) groups is 1. The monoisotopic (exact) mass is 663 g/mol. The van der Waals surface area contributed by atoms with E-state index in [1.807, 2.05) is 66.7 Å². The van der Waals surface area contributed by atoms with E-state index in [1.54, 1.807) is 48.7 Å². The first-order valence-electron chi connectivity index (χ1n) is 15.3. The van der Waals surface area contributed by atoms with Gasteiger partial charge in [-0.05, 0) is 71.8 Å². The fraction of sp³-hybridized carbons (Fsp3) is 0.162. The van der Waals surface area contributed by atoms with Crippen LogP contribution < -0.4 is 15.4 Å². The Hall–Kier alpha value is -5.20. The van der Waals surface area contributed by atoms with Crippen molar-refractivity contribution < 1.29 is 34.0 Å². The highest BCUT2D eigenvalue weighted by molar-refractivity contribution is 7.99. The molecule has 10 nitrogen and oxygen atoms in total. The van der Waals surface area contributed by atoms with Crippen molar-refractivity contribution in [1.82, 2.24) is 4.98 Å². The zero-order chi connectivity index (χ0) is 33.3. The molecule has 4 aromatic carbocycles. The Balaban J connectivity index is 1.13. The summed E-state index contributed by atoms with van der Waals surface area (Å²) in [4.78, 5) is 28.9. The second-order valence-corrected chi connectivity index (χ2v) is 12.0. The molecule has 0 aliphatic carbocycles. The molecule has 244 valence electrons. The number of pyridine rings is 1. The van der Waals surface area contributed by atoms with Crippen molar-refractivity contribution in [2.24, 2.45) is 0 Å². The van der Waals surface area contributed by atoms with Gasteiger partial charge in [-0.2, -0.15) is 0 Å². The van der Waals surface area contributed by atoms with Gasteiger partial charge in [0.1, 0.15) is 16.5 Å². The lowest BCUT2D eigenvalue weighted by atomic mass is 10.0. The molecule has 0 spiro atoms. The van der Waals surface area contributed by atoms with E-state index in [4.69, 9.17) is 14.2 Å². The largest absolute Gasteiger partial charge is 0.478 e. The van der Waals surface area contributed by atoms with E-state index in [1.165, 1.54) is 17.8 Å². The first kappa shape index (κ1) is 32.7. The number of aromatic carboxylic acids is 1. The molecule has 1 aliphatic rings. The molecule has 6 rings (SSSR count). The first-order chi connectivity index (χ1) is 23.4. The number of anilines is 2. The van der Waals surface area contributed by atoms with Crippen LogP contribution in [0.2, 0.25) is 0 Å². The lowest BCUT2D eigenvalue weighted by molar-refractivity contribution is -0.245. The highest BCUT2D eigenvalue weighted by atomic mass is 32.2. The van der Waals surface area contributed by atoms with Crippen molar-refractivity contribution in [1.29, 1.82) is 0 Å². The number of nitrogens with zero attached hydrogens (tertiary/aromatic N) is 1. The van der Waals surface area contributed by atoms with Gasteiger partial charge in [-0.3, -0.25) is 0 Å². The van der Waals surface area contributed by atoms with Gasteiger partial charge in [0.2, 0.25) is 0 Å². The zero-order valence-electron chi connectivity index (χ0n) is 25.7. The van der Waals surface area contributed by atoms with Gasteiger partial charge in [0.25, 0.3) is 0 Å². The quantitative estimate of drug-likeness (QED) is 0.103. The maximum atomic E-state index is 12.9. The van der Waals surface area contributed by atoms with Crippen molar-refractivity contribution >= 4 is 35.1 Å². The van der Waals surface area contributed by atoms with Crippen LogP contribution in [0.4, 0.5) is 16.2 Å². The van der Waals surface area contributed by atoms with Crippen LogP contribution in [-0.4, -0.2) is 39.1 Å². The SMILES string of the molecule is O=C(Nc1ccc(Oc2ccccc2)cc1)Nc1cccc(C2OC(CSc3ncccc3C(=O)O)CC(c3ccc(CO)cc3)O2)c1. The Morgan fingerprint density at radius 3 is 2.31 bits per heavy atom. The van der Waals surface area contributed by atoms with Crippen molar-refractivity contribution in [2.45, 2.75) is 36.6 Å². The van der Waals surface area contributed by atoms with E-state index in [2.05, 4.69) is 15.6 Å². The van der Waals surface area contributed by atoms with Crippen LogP contribution in [0.1, 0.15) is 45.9 Å². The second-order valence-electron chi connectivity index (χ2n) is 11.0. The summed E-state index contributed by atoms with van der Waals surface area (Å²) in [5.74, 6) is 0.769. The maximum absolute atomic E-state index is 12.9. The minimum Gasteiger partial charge on any atom is -0.478 e. The standard InChI is InChI=1S/C37H33N3O7S/c41-22-24-11-13-25(14-12-24)33-21-31(23-48-34-32(35(42)43)10-5-19-38-34)46-36(47-33)26-6-4-7-28(20-26)40-37(44)39-27-15-17-30(18-16-27)45-29-8-2-1-3-9-29/h1-20,31,33,36,41H,21-23H2,(H,42,43)(H2,39,40,44). The molecule has 0 bridgehead atoms. The molecule has 3 atom stereocenters. The van der Waals surface area contributed by atoms with Crippen LogP contribution in [0.15, 0.2) is 126 Å². The molecule has 5 aromatic rings. The Morgan fingerprint density at radius 1 is 0.812 bits per heavy atom. The number of rotatable bonds is 11. The topological polar surface area (TPSA) is 139 Å². The van der Waals surface area contributed by atoms with Gasteiger partial charge in [0, 0.05) is 35.3 Å². The molecule has 1 aromatic heterocycles. The number of aromatic nitrogens is 1. The van der Waals surface area contributed by atoms with Gasteiger partial charge >= 0.3 is 12.0 Å². The van der Waals surface area contributed by atoms with Crippen molar-refractivity contribution in [3.05, 3.63) is 144 Å². The van der Waals surface area contributed by atoms with Crippen LogP contribution in [0.5, 0.6) is 11.5 Å². The molecule has 2 amide bonds. The fourth-order valence-corrected chi connectivity index (χ4v) is 6.16. The van der Waals surface area contributed by atoms with Crippen molar-refractivity contribution in [3.8, 4) is 11.5 Å². The van der Waals surface area contributed by atoms with Crippen LogP contribution >= 0.6 is 11.8 Å². The molecule has 48 heavy (non-hydrogen) atoms. The molecule has 1 saturated heterocycles. The summed E-state index contributed by atoms with van der Waals surface area (Å²) in [6.45, 7) is -0.0614. The smallest absolute Gasteiger partial charge is 0.338 e. The molecule has 11 heteroatoms. The third kappa shape index (κ3) is 8.58. The Morgan fingerprint density at radius 2 is 1.56 bits per heavy atom. The molecule has 2 heterocycles. The van der Waals surface area contributed by atoms with Gasteiger partial charge in [0.05, 0.1) is 24.4 Å². The Bertz CT molecular complexity index is 1840. The summed E-state index contributed by atoms with van der Waals surface area (Å²) in [5, 5.41) is 25.2. The van der Waals surface area contributed by atoms with E-state index in [0.717, 1.165) is 16.9 Å². The molecule has 1 aliphatic heterocycles. The second kappa shape index (κ2) is 15.6. The number of benzene rings is 4. The van der Waals surface area contributed by atoms with Crippen molar-refractivity contribution in [3.63, 3.8) is 0 Å². The fourth-order valence-electron chi connectivity index (χ4n) is 5.15. The minimum absolute atomic E-state index is 0.0614. The van der Waals surface area contributed by atoms with E-state index in [-0.39, 0.29) is 24.4 Å². The lowest BCUT2D eigenvalue weighted by Crippen LogP contribution is -2.31. The number of para-hydroxylation sites is 1. The summed E-state index contributed by atoms with van der Waals surface area (Å²) in [6.07, 6.45) is 0.675. The van der Waals surface area contributed by atoms with Gasteiger partial charge in [-0.1, -0.05) is 54.6 Å². The number of aliphatic hydroxyl groups excluding tert-OH is 1. The average Bonchev–Trinajstić information content (AvgIpc) is 3.12.